The highest BCUT2D eigenvalue weighted by Gasteiger charge is 2.11. The zero-order chi connectivity index (χ0) is 15.4. The van der Waals surface area contributed by atoms with Gasteiger partial charge in [-0.3, -0.25) is 0 Å². The minimum atomic E-state index is 0.0293. The van der Waals surface area contributed by atoms with E-state index in [2.05, 4.69) is 75.2 Å². The van der Waals surface area contributed by atoms with Crippen LogP contribution in [0, 0.1) is 13.8 Å². The summed E-state index contributed by atoms with van der Waals surface area (Å²) in [6.07, 6.45) is 1.07. The molecule has 0 aliphatic carbocycles. The zero-order valence-corrected chi connectivity index (χ0v) is 13.6. The van der Waals surface area contributed by atoms with Gasteiger partial charge in [0.05, 0.1) is 0 Å². The standard InChI is InChI=1S/C19H26N2/c1-5-16-7-9-17(10-8-16)18(20)13-21(4)19-11-6-14(2)12-15(19)3/h6-12,18H,5,13,20H2,1-4H3. The Hall–Kier alpha value is -1.80. The van der Waals surface area contributed by atoms with Crippen LogP contribution in [0.4, 0.5) is 5.69 Å². The highest BCUT2D eigenvalue weighted by molar-refractivity contribution is 5.54. The number of hydrogen-bond acceptors (Lipinski definition) is 2. The Bertz CT molecular complexity index is 587. The molecule has 2 nitrogen and oxygen atoms in total. The number of aryl methyl sites for hydroxylation is 3. The average Bonchev–Trinajstić information content (AvgIpc) is 2.47. The lowest BCUT2D eigenvalue weighted by Crippen LogP contribution is -2.29. The molecule has 0 saturated heterocycles. The molecule has 0 aromatic heterocycles. The summed E-state index contributed by atoms with van der Waals surface area (Å²) >= 11 is 0. The summed E-state index contributed by atoms with van der Waals surface area (Å²) in [5.74, 6) is 0. The van der Waals surface area contributed by atoms with Gasteiger partial charge in [0, 0.05) is 25.3 Å². The highest BCUT2D eigenvalue weighted by atomic mass is 15.1. The van der Waals surface area contributed by atoms with E-state index in [1.54, 1.807) is 0 Å². The highest BCUT2D eigenvalue weighted by Crippen LogP contribution is 2.22. The molecule has 0 aliphatic heterocycles. The topological polar surface area (TPSA) is 29.3 Å². The quantitative estimate of drug-likeness (QED) is 0.898. The third kappa shape index (κ3) is 3.85. The maximum Gasteiger partial charge on any atom is 0.0473 e. The molecule has 0 bridgehead atoms. The number of hydrogen-bond donors (Lipinski definition) is 1. The van der Waals surface area contributed by atoms with Crippen molar-refractivity contribution in [2.75, 3.05) is 18.5 Å². The molecule has 1 atom stereocenters. The van der Waals surface area contributed by atoms with Gasteiger partial charge in [0.1, 0.15) is 0 Å². The van der Waals surface area contributed by atoms with Crippen molar-refractivity contribution in [3.05, 3.63) is 64.7 Å². The van der Waals surface area contributed by atoms with E-state index in [9.17, 15) is 0 Å². The maximum atomic E-state index is 6.36. The third-order valence-corrected chi connectivity index (χ3v) is 4.05. The molecule has 0 radical (unpaired) electrons. The van der Waals surface area contributed by atoms with Gasteiger partial charge in [0.25, 0.3) is 0 Å². The minimum Gasteiger partial charge on any atom is -0.372 e. The molecule has 2 rings (SSSR count). The van der Waals surface area contributed by atoms with E-state index in [1.165, 1.54) is 27.9 Å². The lowest BCUT2D eigenvalue weighted by atomic mass is 10.0. The third-order valence-electron chi connectivity index (χ3n) is 4.05. The van der Waals surface area contributed by atoms with Crippen LogP contribution in [0.25, 0.3) is 0 Å². The van der Waals surface area contributed by atoms with Crippen LogP contribution >= 0.6 is 0 Å². The number of anilines is 1. The molecule has 21 heavy (non-hydrogen) atoms. The van der Waals surface area contributed by atoms with Crippen LogP contribution in [0.2, 0.25) is 0 Å². The first-order valence-electron chi connectivity index (χ1n) is 7.64. The number of nitrogens with zero attached hydrogens (tertiary/aromatic N) is 1. The van der Waals surface area contributed by atoms with Gasteiger partial charge in [0.2, 0.25) is 0 Å². The van der Waals surface area contributed by atoms with E-state index >= 15 is 0 Å². The molecule has 0 saturated carbocycles. The van der Waals surface area contributed by atoms with Crippen LogP contribution in [0.3, 0.4) is 0 Å². The van der Waals surface area contributed by atoms with E-state index in [0.717, 1.165) is 13.0 Å². The van der Waals surface area contributed by atoms with E-state index in [1.807, 2.05) is 0 Å². The minimum absolute atomic E-state index is 0.0293. The van der Waals surface area contributed by atoms with Gasteiger partial charge < -0.3 is 10.6 Å². The molecule has 0 spiro atoms. The molecular weight excluding hydrogens is 256 g/mol. The number of benzene rings is 2. The molecule has 0 amide bonds. The van der Waals surface area contributed by atoms with Gasteiger partial charge in [0.15, 0.2) is 0 Å². The van der Waals surface area contributed by atoms with E-state index in [4.69, 9.17) is 5.73 Å². The Balaban J connectivity index is 2.08. The van der Waals surface area contributed by atoms with Crippen molar-refractivity contribution in [3.8, 4) is 0 Å². The Morgan fingerprint density at radius 2 is 1.71 bits per heavy atom. The monoisotopic (exact) mass is 282 g/mol. The number of likely N-dealkylation sites (N-methyl/N-ethyl adjacent to an activating group) is 1. The van der Waals surface area contributed by atoms with Crippen LogP contribution in [0.5, 0.6) is 0 Å². The Kier molecular flexibility index (Phi) is 5.03. The smallest absolute Gasteiger partial charge is 0.0473 e. The summed E-state index contributed by atoms with van der Waals surface area (Å²) < 4.78 is 0. The summed E-state index contributed by atoms with van der Waals surface area (Å²) in [5.41, 5.74) is 12.8. The lowest BCUT2D eigenvalue weighted by Gasteiger charge is -2.25. The second-order valence-electron chi connectivity index (χ2n) is 5.87. The molecule has 112 valence electrons. The average molecular weight is 282 g/mol. The normalized spacial score (nSPS) is 12.2. The summed E-state index contributed by atoms with van der Waals surface area (Å²) in [5, 5.41) is 0. The van der Waals surface area contributed by atoms with E-state index in [0.29, 0.717) is 0 Å². The second kappa shape index (κ2) is 6.77. The fraction of sp³-hybridized carbons (Fsp3) is 0.368. The lowest BCUT2D eigenvalue weighted by molar-refractivity contribution is 0.702. The molecule has 2 aromatic carbocycles. The van der Waals surface area contributed by atoms with Crippen molar-refractivity contribution < 1.29 is 0 Å². The molecule has 2 heteroatoms. The van der Waals surface area contributed by atoms with Crippen LogP contribution in [0.1, 0.15) is 35.2 Å². The first kappa shape index (κ1) is 15.6. The van der Waals surface area contributed by atoms with Crippen molar-refractivity contribution in [1.82, 2.24) is 0 Å². The van der Waals surface area contributed by atoms with Crippen molar-refractivity contribution in [2.24, 2.45) is 5.73 Å². The van der Waals surface area contributed by atoms with Crippen LogP contribution in [0.15, 0.2) is 42.5 Å². The molecule has 0 fully saturated rings. The van der Waals surface area contributed by atoms with Gasteiger partial charge in [-0.15, -0.1) is 0 Å². The summed E-state index contributed by atoms with van der Waals surface area (Å²) in [4.78, 5) is 2.24. The van der Waals surface area contributed by atoms with Crippen LogP contribution < -0.4 is 10.6 Å². The second-order valence-corrected chi connectivity index (χ2v) is 5.87. The van der Waals surface area contributed by atoms with Crippen molar-refractivity contribution >= 4 is 5.69 Å². The molecule has 2 aromatic rings. The summed E-state index contributed by atoms with van der Waals surface area (Å²) in [7, 11) is 2.11. The summed E-state index contributed by atoms with van der Waals surface area (Å²) in [6, 6.07) is 15.2. The Labute approximate surface area is 128 Å². The van der Waals surface area contributed by atoms with Crippen molar-refractivity contribution in [2.45, 2.75) is 33.2 Å². The molecule has 1 unspecified atom stereocenters. The van der Waals surface area contributed by atoms with E-state index < -0.39 is 0 Å². The fourth-order valence-electron chi connectivity index (χ4n) is 2.73. The molecule has 0 aliphatic rings. The van der Waals surface area contributed by atoms with Gasteiger partial charge in [-0.25, -0.2) is 0 Å². The van der Waals surface area contributed by atoms with Gasteiger partial charge in [-0.2, -0.15) is 0 Å². The van der Waals surface area contributed by atoms with Crippen molar-refractivity contribution in [3.63, 3.8) is 0 Å². The maximum absolute atomic E-state index is 6.36. The first-order chi connectivity index (χ1) is 10.0. The summed E-state index contributed by atoms with van der Waals surface area (Å²) in [6.45, 7) is 7.26. The molecule has 2 N–H and O–H groups in total. The van der Waals surface area contributed by atoms with Gasteiger partial charge in [-0.05, 0) is 43.0 Å². The fourth-order valence-corrected chi connectivity index (χ4v) is 2.73. The number of nitrogens with two attached hydrogens (primary N) is 1. The van der Waals surface area contributed by atoms with Crippen LogP contribution in [-0.4, -0.2) is 13.6 Å². The SMILES string of the molecule is CCc1ccc(C(N)CN(C)c2ccc(C)cc2C)cc1. The molecule has 0 heterocycles. The molecular formula is C19H26N2. The predicted octanol–water partition coefficient (Wildman–Crippen LogP) is 4.00. The van der Waals surface area contributed by atoms with Crippen LogP contribution in [-0.2, 0) is 6.42 Å². The zero-order valence-electron chi connectivity index (χ0n) is 13.6. The van der Waals surface area contributed by atoms with Crippen molar-refractivity contribution in [1.29, 1.82) is 0 Å². The van der Waals surface area contributed by atoms with Gasteiger partial charge in [-0.1, -0.05) is 48.9 Å². The Morgan fingerprint density at radius 3 is 2.29 bits per heavy atom. The predicted molar refractivity (Wildman–Crippen MR) is 91.9 cm³/mol. The Morgan fingerprint density at radius 1 is 1.05 bits per heavy atom. The first-order valence-corrected chi connectivity index (χ1v) is 7.64. The van der Waals surface area contributed by atoms with Gasteiger partial charge >= 0.3 is 0 Å². The largest absolute Gasteiger partial charge is 0.372 e. The van der Waals surface area contributed by atoms with E-state index in [-0.39, 0.29) is 6.04 Å². The number of rotatable bonds is 5.